The van der Waals surface area contributed by atoms with Gasteiger partial charge in [-0.2, -0.15) is 0 Å². The summed E-state index contributed by atoms with van der Waals surface area (Å²) >= 11 is 0. The van der Waals surface area contributed by atoms with Crippen LogP contribution in [0.1, 0.15) is 6.42 Å². The number of rotatable bonds is 1. The lowest BCUT2D eigenvalue weighted by atomic mass is 10.0. The number of aliphatic hydroxyl groups excluding tert-OH is 3. The summed E-state index contributed by atoms with van der Waals surface area (Å²) in [6, 6.07) is 0. The molecular formula is C6H13NO4. The largest absolute Gasteiger partial charge is 0.390 e. The molecule has 1 saturated heterocycles. The van der Waals surface area contributed by atoms with Crippen molar-refractivity contribution in [3.63, 3.8) is 0 Å². The molecule has 0 amide bonds. The summed E-state index contributed by atoms with van der Waals surface area (Å²) in [5.41, 5.74) is 5.21. The van der Waals surface area contributed by atoms with Crippen LogP contribution < -0.4 is 5.73 Å². The van der Waals surface area contributed by atoms with E-state index in [1.54, 1.807) is 0 Å². The molecule has 1 rings (SSSR count). The van der Waals surface area contributed by atoms with Gasteiger partial charge in [-0.15, -0.1) is 0 Å². The molecule has 4 atom stereocenters. The van der Waals surface area contributed by atoms with Gasteiger partial charge in [0.15, 0.2) is 6.29 Å². The van der Waals surface area contributed by atoms with E-state index in [0.717, 1.165) is 0 Å². The van der Waals surface area contributed by atoms with Gasteiger partial charge in [-0.3, -0.25) is 0 Å². The quantitative estimate of drug-likeness (QED) is 0.351. The van der Waals surface area contributed by atoms with Crippen molar-refractivity contribution in [2.75, 3.05) is 6.54 Å². The van der Waals surface area contributed by atoms with Crippen molar-refractivity contribution in [2.24, 2.45) is 5.73 Å². The molecule has 0 bridgehead atoms. The molecule has 5 heteroatoms. The van der Waals surface area contributed by atoms with E-state index in [1.165, 1.54) is 0 Å². The summed E-state index contributed by atoms with van der Waals surface area (Å²) in [7, 11) is 0. The Balaban J connectivity index is 2.51. The Morgan fingerprint density at radius 3 is 2.55 bits per heavy atom. The molecule has 0 radical (unpaired) electrons. The van der Waals surface area contributed by atoms with Gasteiger partial charge in [0.2, 0.25) is 0 Å². The van der Waals surface area contributed by atoms with Gasteiger partial charge < -0.3 is 25.8 Å². The van der Waals surface area contributed by atoms with Gasteiger partial charge in [0.25, 0.3) is 0 Å². The van der Waals surface area contributed by atoms with E-state index in [-0.39, 0.29) is 13.0 Å². The van der Waals surface area contributed by atoms with E-state index in [0.29, 0.717) is 0 Å². The summed E-state index contributed by atoms with van der Waals surface area (Å²) in [4.78, 5) is 0. The maximum Gasteiger partial charge on any atom is 0.157 e. The highest BCUT2D eigenvalue weighted by Gasteiger charge is 2.34. The molecule has 66 valence electrons. The first kappa shape index (κ1) is 8.89. The Morgan fingerprint density at radius 2 is 2.00 bits per heavy atom. The summed E-state index contributed by atoms with van der Waals surface area (Å²) in [6.07, 6.45) is -3.55. The van der Waals surface area contributed by atoms with Gasteiger partial charge in [0, 0.05) is 13.0 Å². The maximum absolute atomic E-state index is 9.19. The fraction of sp³-hybridized carbons (Fsp3) is 1.00. The Morgan fingerprint density at radius 1 is 1.36 bits per heavy atom. The van der Waals surface area contributed by atoms with Crippen LogP contribution >= 0.6 is 0 Å². The second-order valence-corrected chi connectivity index (χ2v) is 2.66. The van der Waals surface area contributed by atoms with E-state index in [1.807, 2.05) is 0 Å². The first-order valence-corrected chi connectivity index (χ1v) is 3.55. The van der Waals surface area contributed by atoms with E-state index in [9.17, 15) is 5.11 Å². The lowest BCUT2D eigenvalue weighted by Crippen LogP contribution is -2.51. The second-order valence-electron chi connectivity index (χ2n) is 2.66. The number of aliphatic hydroxyl groups is 3. The van der Waals surface area contributed by atoms with Crippen molar-refractivity contribution >= 4 is 0 Å². The average Bonchev–Trinajstić information content (AvgIpc) is 1.96. The van der Waals surface area contributed by atoms with Crippen LogP contribution in [0.15, 0.2) is 0 Å². The topological polar surface area (TPSA) is 95.9 Å². The lowest BCUT2D eigenvalue weighted by molar-refractivity contribution is -0.228. The second kappa shape index (κ2) is 3.46. The zero-order valence-corrected chi connectivity index (χ0v) is 6.05. The zero-order chi connectivity index (χ0) is 8.43. The third-order valence-electron chi connectivity index (χ3n) is 1.78. The maximum atomic E-state index is 9.19. The van der Waals surface area contributed by atoms with Gasteiger partial charge in [0.1, 0.15) is 12.2 Å². The van der Waals surface area contributed by atoms with Crippen LogP contribution in [0, 0.1) is 0 Å². The normalized spacial score (nSPS) is 45.8. The standard InChI is InChI=1S/C6H13NO4/c7-2-4-6(10)3(8)1-5(9)11-4/h3-6,8-10H,1-2,7H2/t3-,4-,5-,6+/m1/s1. The smallest absolute Gasteiger partial charge is 0.157 e. The molecule has 0 spiro atoms. The molecule has 0 saturated carbocycles. The van der Waals surface area contributed by atoms with Crippen molar-refractivity contribution in [1.29, 1.82) is 0 Å². The minimum atomic E-state index is -1.01. The van der Waals surface area contributed by atoms with Crippen LogP contribution in [0.3, 0.4) is 0 Å². The lowest BCUT2D eigenvalue weighted by Gasteiger charge is -2.34. The average molecular weight is 163 g/mol. The molecule has 0 unspecified atom stereocenters. The molecule has 1 aliphatic rings. The molecule has 1 aliphatic heterocycles. The fourth-order valence-electron chi connectivity index (χ4n) is 1.13. The third kappa shape index (κ3) is 1.88. The zero-order valence-electron chi connectivity index (χ0n) is 6.05. The number of ether oxygens (including phenoxy) is 1. The van der Waals surface area contributed by atoms with Gasteiger partial charge in [-0.1, -0.05) is 0 Å². The van der Waals surface area contributed by atoms with Crippen LogP contribution in [0.4, 0.5) is 0 Å². The first-order valence-electron chi connectivity index (χ1n) is 3.55. The summed E-state index contributed by atoms with van der Waals surface area (Å²) in [5.74, 6) is 0. The van der Waals surface area contributed by atoms with E-state index < -0.39 is 24.6 Å². The minimum absolute atomic E-state index is 0.0394. The summed E-state index contributed by atoms with van der Waals surface area (Å²) < 4.78 is 4.84. The number of hydrogen-bond donors (Lipinski definition) is 4. The van der Waals surface area contributed by atoms with Crippen LogP contribution in [0.2, 0.25) is 0 Å². The molecule has 0 aromatic carbocycles. The highest BCUT2D eigenvalue weighted by atomic mass is 16.6. The Hall–Kier alpha value is -0.200. The van der Waals surface area contributed by atoms with E-state index >= 15 is 0 Å². The first-order chi connectivity index (χ1) is 5.15. The van der Waals surface area contributed by atoms with E-state index in [4.69, 9.17) is 20.7 Å². The highest BCUT2D eigenvalue weighted by molar-refractivity contribution is 4.82. The molecule has 1 fully saturated rings. The Kier molecular flexibility index (Phi) is 2.80. The molecular weight excluding hydrogens is 150 g/mol. The van der Waals surface area contributed by atoms with Crippen molar-refractivity contribution < 1.29 is 20.1 Å². The van der Waals surface area contributed by atoms with Crippen LogP contribution in [-0.2, 0) is 4.74 Å². The highest BCUT2D eigenvalue weighted by Crippen LogP contribution is 2.17. The van der Waals surface area contributed by atoms with Crippen molar-refractivity contribution in [3.8, 4) is 0 Å². The molecule has 0 aliphatic carbocycles. The Labute approximate surface area is 64.4 Å². The third-order valence-corrected chi connectivity index (χ3v) is 1.78. The fourth-order valence-corrected chi connectivity index (χ4v) is 1.13. The molecule has 11 heavy (non-hydrogen) atoms. The molecule has 5 N–H and O–H groups in total. The Bertz CT molecular complexity index is 132. The van der Waals surface area contributed by atoms with Gasteiger partial charge in [0.05, 0.1) is 6.10 Å². The molecule has 1 heterocycles. The predicted molar refractivity (Wildman–Crippen MR) is 36.6 cm³/mol. The SMILES string of the molecule is NC[C@H]1O[C@@H](O)C[C@@H](O)[C@@H]1O. The summed E-state index contributed by atoms with van der Waals surface area (Å²) in [6.45, 7) is 0.0925. The van der Waals surface area contributed by atoms with Gasteiger partial charge >= 0.3 is 0 Å². The van der Waals surface area contributed by atoms with Gasteiger partial charge in [-0.25, -0.2) is 0 Å². The predicted octanol–water partition coefficient (Wildman–Crippen LogP) is -2.23. The van der Waals surface area contributed by atoms with Crippen molar-refractivity contribution in [2.45, 2.75) is 31.0 Å². The number of nitrogens with two attached hydrogens (primary N) is 1. The van der Waals surface area contributed by atoms with E-state index in [2.05, 4.69) is 0 Å². The van der Waals surface area contributed by atoms with Crippen LogP contribution in [-0.4, -0.2) is 46.5 Å². The number of hydrogen-bond acceptors (Lipinski definition) is 5. The van der Waals surface area contributed by atoms with Crippen LogP contribution in [0.5, 0.6) is 0 Å². The molecule has 5 nitrogen and oxygen atoms in total. The van der Waals surface area contributed by atoms with Crippen LogP contribution in [0.25, 0.3) is 0 Å². The monoisotopic (exact) mass is 163 g/mol. The van der Waals surface area contributed by atoms with Gasteiger partial charge in [-0.05, 0) is 0 Å². The minimum Gasteiger partial charge on any atom is -0.390 e. The van der Waals surface area contributed by atoms with Crippen molar-refractivity contribution in [1.82, 2.24) is 0 Å². The summed E-state index contributed by atoms with van der Waals surface area (Å²) in [5, 5.41) is 27.2. The molecule has 0 aromatic heterocycles. The molecule has 0 aromatic rings. The van der Waals surface area contributed by atoms with Crippen molar-refractivity contribution in [3.05, 3.63) is 0 Å².